The van der Waals surface area contributed by atoms with Crippen LogP contribution in [0.4, 0.5) is 0 Å². The largest absolute Gasteiger partial charge is 0.271 e. The van der Waals surface area contributed by atoms with E-state index in [1.54, 1.807) is 6.20 Å². The van der Waals surface area contributed by atoms with E-state index in [0.29, 0.717) is 0 Å². The Morgan fingerprint density at radius 3 is 2.94 bits per heavy atom. The maximum absolute atomic E-state index is 5.55. The highest BCUT2D eigenvalue weighted by molar-refractivity contribution is 5.13. The molecule has 1 rings (SSSR count). The molecule has 0 aromatic carbocycles. The lowest BCUT2D eigenvalue weighted by molar-refractivity contribution is 0.483. The van der Waals surface area contributed by atoms with Crippen LogP contribution in [0.5, 0.6) is 0 Å². The molecular weight excluding hydrogens is 198 g/mol. The molecular formula is C13H21N3. The fourth-order valence-electron chi connectivity index (χ4n) is 1.74. The monoisotopic (exact) mass is 219 g/mol. The highest BCUT2D eigenvalue weighted by atomic mass is 15.2. The first-order chi connectivity index (χ1) is 7.88. The second kappa shape index (κ2) is 8.02. The van der Waals surface area contributed by atoms with Crippen LogP contribution in [0.3, 0.4) is 0 Å². The second-order valence-electron chi connectivity index (χ2n) is 3.93. The molecule has 0 spiro atoms. The minimum absolute atomic E-state index is 0.220. The van der Waals surface area contributed by atoms with Gasteiger partial charge in [0, 0.05) is 18.4 Å². The Morgan fingerprint density at radius 2 is 2.31 bits per heavy atom. The number of nitrogens with zero attached hydrogens (tertiary/aromatic N) is 1. The number of aromatic nitrogens is 1. The van der Waals surface area contributed by atoms with Crippen LogP contribution in [0.2, 0.25) is 0 Å². The molecule has 1 atom stereocenters. The summed E-state index contributed by atoms with van der Waals surface area (Å²) in [7, 11) is 0. The average molecular weight is 219 g/mol. The highest BCUT2D eigenvalue weighted by Gasteiger charge is 2.08. The summed E-state index contributed by atoms with van der Waals surface area (Å²) in [6, 6.07) is 4.22. The van der Waals surface area contributed by atoms with Gasteiger partial charge in [-0.3, -0.25) is 16.3 Å². The number of rotatable bonds is 8. The minimum atomic E-state index is 0.220. The van der Waals surface area contributed by atoms with Crippen molar-refractivity contribution in [3.8, 4) is 0 Å². The fourth-order valence-corrected chi connectivity index (χ4v) is 1.74. The van der Waals surface area contributed by atoms with E-state index in [1.807, 2.05) is 18.3 Å². The second-order valence-corrected chi connectivity index (χ2v) is 3.93. The van der Waals surface area contributed by atoms with Gasteiger partial charge < -0.3 is 0 Å². The van der Waals surface area contributed by atoms with E-state index in [9.17, 15) is 0 Å². The summed E-state index contributed by atoms with van der Waals surface area (Å²) in [6.45, 7) is 3.72. The number of allylic oxidation sites excluding steroid dienone is 1. The summed E-state index contributed by atoms with van der Waals surface area (Å²) >= 11 is 0. The van der Waals surface area contributed by atoms with Gasteiger partial charge in [0.05, 0.1) is 0 Å². The molecule has 0 bridgehead atoms. The van der Waals surface area contributed by atoms with Crippen molar-refractivity contribution in [1.29, 1.82) is 0 Å². The maximum Gasteiger partial charge on any atom is 0.0475 e. The van der Waals surface area contributed by atoms with Gasteiger partial charge >= 0.3 is 0 Å². The van der Waals surface area contributed by atoms with Crippen LogP contribution >= 0.6 is 0 Å². The standard InChI is InChI=1S/C13H21N3/c1-2-3-4-5-6-9-13(16-14)12-8-7-10-15-11-12/h2,7-8,10-11,13,16H,1,3-6,9,14H2. The van der Waals surface area contributed by atoms with Crippen molar-refractivity contribution in [1.82, 2.24) is 10.4 Å². The third-order valence-electron chi connectivity index (χ3n) is 2.69. The number of hydrogen-bond donors (Lipinski definition) is 2. The van der Waals surface area contributed by atoms with Gasteiger partial charge in [0.25, 0.3) is 0 Å². The van der Waals surface area contributed by atoms with E-state index in [0.717, 1.165) is 18.4 Å². The SMILES string of the molecule is C=CCCCCCC(NN)c1cccnc1. The molecule has 0 aliphatic carbocycles. The van der Waals surface area contributed by atoms with E-state index in [4.69, 9.17) is 5.84 Å². The Labute approximate surface area is 97.7 Å². The van der Waals surface area contributed by atoms with Crippen LogP contribution in [0, 0.1) is 0 Å². The van der Waals surface area contributed by atoms with Crippen LogP contribution in [-0.4, -0.2) is 4.98 Å². The number of unbranched alkanes of at least 4 members (excludes halogenated alkanes) is 3. The van der Waals surface area contributed by atoms with Gasteiger partial charge in [-0.15, -0.1) is 6.58 Å². The Balaban J connectivity index is 2.30. The number of hydrazine groups is 1. The molecule has 1 unspecified atom stereocenters. The molecule has 0 saturated heterocycles. The van der Waals surface area contributed by atoms with Crippen LogP contribution in [0.15, 0.2) is 37.2 Å². The molecule has 3 nitrogen and oxygen atoms in total. The van der Waals surface area contributed by atoms with Crippen molar-refractivity contribution in [2.45, 2.75) is 38.1 Å². The molecule has 0 aliphatic heterocycles. The van der Waals surface area contributed by atoms with E-state index in [2.05, 4.69) is 23.1 Å². The molecule has 1 aromatic rings. The molecule has 0 saturated carbocycles. The van der Waals surface area contributed by atoms with Crippen molar-refractivity contribution in [2.75, 3.05) is 0 Å². The highest BCUT2D eigenvalue weighted by Crippen LogP contribution is 2.18. The number of hydrogen-bond acceptors (Lipinski definition) is 3. The zero-order valence-electron chi connectivity index (χ0n) is 9.73. The molecule has 0 aliphatic rings. The summed E-state index contributed by atoms with van der Waals surface area (Å²) in [4.78, 5) is 4.10. The molecule has 16 heavy (non-hydrogen) atoms. The number of nitrogens with one attached hydrogen (secondary N) is 1. The van der Waals surface area contributed by atoms with Gasteiger partial charge in [-0.05, 0) is 30.9 Å². The molecule has 1 aromatic heterocycles. The lowest BCUT2D eigenvalue weighted by atomic mass is 10.0. The van der Waals surface area contributed by atoms with E-state index >= 15 is 0 Å². The van der Waals surface area contributed by atoms with Crippen molar-refractivity contribution < 1.29 is 0 Å². The minimum Gasteiger partial charge on any atom is -0.271 e. The predicted molar refractivity (Wildman–Crippen MR) is 67.6 cm³/mol. The van der Waals surface area contributed by atoms with Gasteiger partial charge in [0.15, 0.2) is 0 Å². The van der Waals surface area contributed by atoms with E-state index < -0.39 is 0 Å². The fraction of sp³-hybridized carbons (Fsp3) is 0.462. The van der Waals surface area contributed by atoms with Crippen molar-refractivity contribution >= 4 is 0 Å². The topological polar surface area (TPSA) is 50.9 Å². The first kappa shape index (κ1) is 12.9. The zero-order valence-corrected chi connectivity index (χ0v) is 9.73. The van der Waals surface area contributed by atoms with Gasteiger partial charge in [-0.25, -0.2) is 0 Å². The summed E-state index contributed by atoms with van der Waals surface area (Å²) in [5, 5.41) is 0. The Kier molecular flexibility index (Phi) is 6.45. The molecule has 88 valence electrons. The molecule has 0 amide bonds. The van der Waals surface area contributed by atoms with Gasteiger partial charge in [-0.1, -0.05) is 25.0 Å². The smallest absolute Gasteiger partial charge is 0.0475 e. The Hall–Kier alpha value is -1.19. The van der Waals surface area contributed by atoms with Crippen molar-refractivity contribution in [3.05, 3.63) is 42.7 Å². The number of pyridine rings is 1. The van der Waals surface area contributed by atoms with Gasteiger partial charge in [0.1, 0.15) is 0 Å². The lowest BCUT2D eigenvalue weighted by Crippen LogP contribution is -2.28. The Bertz CT molecular complexity index is 284. The first-order valence-electron chi connectivity index (χ1n) is 5.85. The third kappa shape index (κ3) is 4.55. The molecule has 0 radical (unpaired) electrons. The van der Waals surface area contributed by atoms with Crippen LogP contribution in [0.25, 0.3) is 0 Å². The quantitative estimate of drug-likeness (QED) is 0.306. The van der Waals surface area contributed by atoms with Crippen LogP contribution < -0.4 is 11.3 Å². The van der Waals surface area contributed by atoms with Crippen LogP contribution in [0.1, 0.15) is 43.7 Å². The van der Waals surface area contributed by atoms with Crippen molar-refractivity contribution in [3.63, 3.8) is 0 Å². The van der Waals surface area contributed by atoms with Gasteiger partial charge in [-0.2, -0.15) is 0 Å². The molecule has 3 heteroatoms. The third-order valence-corrected chi connectivity index (χ3v) is 2.69. The summed E-state index contributed by atoms with van der Waals surface area (Å²) < 4.78 is 0. The maximum atomic E-state index is 5.55. The Morgan fingerprint density at radius 1 is 1.44 bits per heavy atom. The molecule has 0 fully saturated rings. The lowest BCUT2D eigenvalue weighted by Gasteiger charge is -2.15. The van der Waals surface area contributed by atoms with Crippen molar-refractivity contribution in [2.24, 2.45) is 5.84 Å². The average Bonchev–Trinajstić information content (AvgIpc) is 2.35. The van der Waals surface area contributed by atoms with E-state index in [-0.39, 0.29) is 6.04 Å². The summed E-state index contributed by atoms with van der Waals surface area (Å²) in [5.41, 5.74) is 4.01. The summed E-state index contributed by atoms with van der Waals surface area (Å²) in [5.74, 6) is 5.55. The first-order valence-corrected chi connectivity index (χ1v) is 5.85. The molecule has 1 heterocycles. The summed E-state index contributed by atoms with van der Waals surface area (Å²) in [6.07, 6.45) is 11.4. The van der Waals surface area contributed by atoms with E-state index in [1.165, 1.54) is 19.3 Å². The predicted octanol–water partition coefficient (Wildman–Crippen LogP) is 2.72. The van der Waals surface area contributed by atoms with Gasteiger partial charge in [0.2, 0.25) is 0 Å². The normalized spacial score (nSPS) is 12.3. The van der Waals surface area contributed by atoms with Crippen LogP contribution in [-0.2, 0) is 0 Å². The molecule has 3 N–H and O–H groups in total. The zero-order chi connectivity index (χ0) is 11.6. The number of nitrogens with two attached hydrogens (primary N) is 1.